The molecule has 0 bridgehead atoms. The normalized spacial score (nSPS) is 18.2. The molecule has 57 heavy (non-hydrogen) atoms. The number of phenols is 1. The Kier molecular flexibility index (Phi) is 11.1. The van der Waals surface area contributed by atoms with Crippen LogP contribution in [0, 0.1) is 12.8 Å². The van der Waals surface area contributed by atoms with E-state index < -0.39 is 18.1 Å². The summed E-state index contributed by atoms with van der Waals surface area (Å²) in [5, 5.41) is 38.2. The molecule has 2 aliphatic heterocycles. The van der Waals surface area contributed by atoms with Gasteiger partial charge in [0, 0.05) is 54.5 Å². The van der Waals surface area contributed by atoms with Crippen LogP contribution < -0.4 is 10.1 Å². The molecule has 296 valence electrons. The van der Waals surface area contributed by atoms with Crippen molar-refractivity contribution in [1.29, 1.82) is 0 Å². The molecule has 0 radical (unpaired) electrons. The fraction of sp³-hybridized carbons (Fsp3) is 0.381. The van der Waals surface area contributed by atoms with Gasteiger partial charge in [-0.3, -0.25) is 14.5 Å². The van der Waals surface area contributed by atoms with Crippen LogP contribution in [0.4, 0.5) is 0 Å². The number of hydrogen-bond donors (Lipinski definition) is 3. The molecule has 4 aromatic heterocycles. The third-order valence-electron chi connectivity index (χ3n) is 10.9. The van der Waals surface area contributed by atoms with Crippen molar-refractivity contribution in [2.75, 3.05) is 26.2 Å². The van der Waals surface area contributed by atoms with E-state index in [1.807, 2.05) is 75.7 Å². The van der Waals surface area contributed by atoms with Gasteiger partial charge in [-0.15, -0.1) is 32.9 Å². The minimum absolute atomic E-state index is 0.0501. The maximum Gasteiger partial charge on any atom is 0.254 e. The quantitative estimate of drug-likeness (QED) is 0.124. The molecule has 6 heterocycles. The average molecular weight is 808 g/mol. The molecular weight excluding hydrogens is 763 g/mol. The van der Waals surface area contributed by atoms with Gasteiger partial charge >= 0.3 is 0 Å². The van der Waals surface area contributed by atoms with Gasteiger partial charge in [0.1, 0.15) is 29.1 Å². The first-order chi connectivity index (χ1) is 27.5. The van der Waals surface area contributed by atoms with Crippen molar-refractivity contribution in [3.05, 3.63) is 93.6 Å². The third kappa shape index (κ3) is 8.02. The predicted molar refractivity (Wildman–Crippen MR) is 218 cm³/mol. The lowest BCUT2D eigenvalue weighted by Gasteiger charge is -2.29. The van der Waals surface area contributed by atoms with Crippen molar-refractivity contribution in [3.63, 3.8) is 0 Å². The smallest absolute Gasteiger partial charge is 0.254 e. The summed E-state index contributed by atoms with van der Waals surface area (Å²) in [6.45, 7) is 10.4. The number of para-hydroxylation sites is 1. The van der Waals surface area contributed by atoms with Crippen LogP contribution in [0.2, 0.25) is 0 Å². The van der Waals surface area contributed by atoms with Crippen molar-refractivity contribution in [3.8, 4) is 33.3 Å². The van der Waals surface area contributed by atoms with Crippen LogP contribution in [0.25, 0.3) is 31.9 Å². The van der Waals surface area contributed by atoms with Crippen LogP contribution in [0.1, 0.15) is 66.6 Å². The largest absolute Gasteiger partial charge is 0.507 e. The molecule has 8 rings (SSSR count). The zero-order valence-corrected chi connectivity index (χ0v) is 33.8. The molecule has 2 aromatic carbocycles. The number of rotatable bonds is 12. The number of ether oxygens (including phenoxy) is 1. The molecule has 15 heteroatoms. The number of thiazole rings is 1. The van der Waals surface area contributed by atoms with Gasteiger partial charge in [-0.2, -0.15) is 0 Å². The molecule has 1 saturated heterocycles. The van der Waals surface area contributed by atoms with Gasteiger partial charge in [0.05, 0.1) is 33.9 Å². The Morgan fingerprint density at radius 2 is 1.89 bits per heavy atom. The number of β-amino-alcohol motifs (C(OH)–C–C–N with tert-alkyl or cyclic N) is 1. The van der Waals surface area contributed by atoms with E-state index >= 15 is 0 Å². The molecule has 0 unspecified atom stereocenters. The number of phenolic OH excluding ortho intramolecular Hbond substituents is 1. The van der Waals surface area contributed by atoms with Crippen molar-refractivity contribution < 1.29 is 29.1 Å². The van der Waals surface area contributed by atoms with E-state index in [1.54, 1.807) is 40.9 Å². The van der Waals surface area contributed by atoms with Crippen LogP contribution >= 0.6 is 22.7 Å². The van der Waals surface area contributed by atoms with E-state index in [-0.39, 0.29) is 48.4 Å². The Hall–Kier alpha value is -5.22. The van der Waals surface area contributed by atoms with Crippen molar-refractivity contribution in [1.82, 2.24) is 35.5 Å². The number of aromatic nitrogens is 4. The maximum absolute atomic E-state index is 14.2. The summed E-state index contributed by atoms with van der Waals surface area (Å²) in [5.41, 5.74) is 7.31. The van der Waals surface area contributed by atoms with E-state index in [9.17, 15) is 19.8 Å². The molecule has 6 aromatic rings. The van der Waals surface area contributed by atoms with Gasteiger partial charge in [-0.1, -0.05) is 50.2 Å². The molecule has 4 atom stereocenters. The molecule has 3 N–H and O–H groups in total. The van der Waals surface area contributed by atoms with Crippen LogP contribution in [0.3, 0.4) is 0 Å². The SMILES string of the molecule is Cc1ncsc1-c1ccc([C@H](C)NC(=O)[C@@H]2C[C@@H](O)CN2C(=O)[C@@H](c2cc(OCCN3CCc4sc5nnc(-c6ccccc6O)cc5c4C3)no2)C(C)C)cc1. The predicted octanol–water partition coefficient (Wildman–Crippen LogP) is 6.50. The van der Waals surface area contributed by atoms with Gasteiger partial charge in [-0.05, 0) is 66.2 Å². The first-order valence-corrected chi connectivity index (χ1v) is 20.9. The molecule has 0 saturated carbocycles. The summed E-state index contributed by atoms with van der Waals surface area (Å²) in [7, 11) is 0. The highest BCUT2D eigenvalue weighted by Gasteiger charge is 2.43. The van der Waals surface area contributed by atoms with Crippen LogP contribution in [0.15, 0.2) is 70.7 Å². The Morgan fingerprint density at radius 3 is 2.65 bits per heavy atom. The Bertz CT molecular complexity index is 2390. The standard InChI is InChI=1S/C42H45N7O6S2/c1-23(2)38(42(53)49-20-28(50)17-33(49)40(52)44-24(3)26-9-11-27(12-10-26)39-25(4)43-22-56-39)35-19-37(47-55-35)54-16-15-48-14-13-36-31(21-48)30-18-32(45-46-41(30)57-36)29-7-5-6-8-34(29)51/h5-12,18-19,22-24,28,33,38,50-51H,13-17,20-21H2,1-4H3,(H,44,52)/t24-,28+,33-,38+/m0/s1. The van der Waals surface area contributed by atoms with Crippen molar-refractivity contribution in [2.45, 2.75) is 71.2 Å². The highest BCUT2D eigenvalue weighted by Crippen LogP contribution is 2.37. The summed E-state index contributed by atoms with van der Waals surface area (Å²) >= 11 is 3.26. The van der Waals surface area contributed by atoms with Gasteiger partial charge < -0.3 is 29.7 Å². The second kappa shape index (κ2) is 16.3. The second-order valence-electron chi connectivity index (χ2n) is 15.1. The lowest BCUT2D eigenvalue weighted by atomic mass is 9.91. The summed E-state index contributed by atoms with van der Waals surface area (Å²) < 4.78 is 11.8. The second-order valence-corrected chi connectivity index (χ2v) is 17.1. The Labute approximate surface area is 338 Å². The maximum atomic E-state index is 14.2. The summed E-state index contributed by atoms with van der Waals surface area (Å²) in [6, 6.07) is 17.7. The average Bonchev–Trinajstić information content (AvgIpc) is 4.01. The minimum atomic E-state index is -0.830. The minimum Gasteiger partial charge on any atom is -0.507 e. The molecule has 2 aliphatic rings. The fourth-order valence-corrected chi connectivity index (χ4v) is 9.74. The lowest BCUT2D eigenvalue weighted by Crippen LogP contribution is -2.48. The number of fused-ring (bicyclic) bond motifs is 3. The number of benzene rings is 2. The van der Waals surface area contributed by atoms with Crippen LogP contribution in [0.5, 0.6) is 11.6 Å². The third-order valence-corrected chi connectivity index (χ3v) is 13.1. The number of aromatic hydroxyl groups is 1. The number of aryl methyl sites for hydroxylation is 1. The lowest BCUT2D eigenvalue weighted by molar-refractivity contribution is -0.141. The summed E-state index contributed by atoms with van der Waals surface area (Å²) in [5.74, 6) is -0.726. The highest BCUT2D eigenvalue weighted by molar-refractivity contribution is 7.18. The zero-order chi connectivity index (χ0) is 39.8. The topological polar surface area (TPSA) is 167 Å². The first kappa shape index (κ1) is 38.6. The van der Waals surface area contributed by atoms with Gasteiger partial charge in [0.25, 0.3) is 5.88 Å². The van der Waals surface area contributed by atoms with Crippen molar-refractivity contribution in [2.24, 2.45) is 5.92 Å². The van der Waals surface area contributed by atoms with E-state index in [2.05, 4.69) is 30.6 Å². The molecular formula is C42H45N7O6S2. The highest BCUT2D eigenvalue weighted by atomic mass is 32.1. The fourth-order valence-electron chi connectivity index (χ4n) is 7.83. The van der Waals surface area contributed by atoms with Gasteiger partial charge in [-0.25, -0.2) is 4.98 Å². The number of hydrogen-bond acceptors (Lipinski definition) is 13. The van der Waals surface area contributed by atoms with Crippen LogP contribution in [-0.4, -0.2) is 90.6 Å². The molecule has 0 spiro atoms. The Balaban J connectivity index is 0.884. The van der Waals surface area contributed by atoms with Gasteiger partial charge in [0.2, 0.25) is 11.8 Å². The summed E-state index contributed by atoms with van der Waals surface area (Å²) in [4.78, 5) is 39.3. The molecule has 0 aliphatic carbocycles. The van der Waals surface area contributed by atoms with E-state index in [0.717, 1.165) is 51.4 Å². The zero-order valence-electron chi connectivity index (χ0n) is 32.2. The molecule has 13 nitrogen and oxygen atoms in total. The van der Waals surface area contributed by atoms with E-state index in [0.29, 0.717) is 30.2 Å². The number of aliphatic hydroxyl groups excluding tert-OH is 1. The van der Waals surface area contributed by atoms with Crippen LogP contribution in [-0.2, 0) is 22.6 Å². The first-order valence-electron chi connectivity index (χ1n) is 19.2. The van der Waals surface area contributed by atoms with Gasteiger partial charge in [0.15, 0.2) is 5.76 Å². The molecule has 2 amide bonds. The van der Waals surface area contributed by atoms with E-state index in [1.165, 1.54) is 15.3 Å². The molecule has 1 fully saturated rings. The van der Waals surface area contributed by atoms with E-state index in [4.69, 9.17) is 9.26 Å². The number of carbonyl (C=O) groups is 2. The monoisotopic (exact) mass is 807 g/mol. The Morgan fingerprint density at radius 1 is 1.09 bits per heavy atom. The number of thiophene rings is 1. The number of aliphatic hydroxyl groups is 1. The number of carbonyl (C=O) groups excluding carboxylic acids is 2. The summed E-state index contributed by atoms with van der Waals surface area (Å²) in [6.07, 6.45) is 0.209. The number of nitrogens with zero attached hydrogens (tertiary/aromatic N) is 6. The number of amides is 2. The number of nitrogens with one attached hydrogen (secondary N) is 1. The number of likely N-dealkylation sites (tertiary alicyclic amines) is 1. The van der Waals surface area contributed by atoms with Crippen molar-refractivity contribution >= 4 is 44.7 Å².